The van der Waals surface area contributed by atoms with Gasteiger partial charge in [-0.1, -0.05) is 139 Å². The van der Waals surface area contributed by atoms with Crippen molar-refractivity contribution in [2.75, 3.05) is 12.8 Å². The molecule has 4 aromatic heterocycles. The van der Waals surface area contributed by atoms with Crippen LogP contribution in [0.1, 0.15) is 263 Å². The van der Waals surface area contributed by atoms with Crippen molar-refractivity contribution in [3.63, 3.8) is 0 Å². The number of carbonyl (C=O) groups is 4. The van der Waals surface area contributed by atoms with Gasteiger partial charge in [0.1, 0.15) is 87.3 Å². The van der Waals surface area contributed by atoms with Gasteiger partial charge < -0.3 is 40.2 Å². The maximum absolute atomic E-state index is 12.5. The fraction of sp³-hybridized carbons (Fsp3) is 0.385. The second-order valence-corrected chi connectivity index (χ2v) is 40.6. The summed E-state index contributed by atoms with van der Waals surface area (Å²) in [6.45, 7) is 21.6. The Bertz CT molecular complexity index is 6140. The quantitative estimate of drug-likeness (QED) is 0.0279. The van der Waals surface area contributed by atoms with E-state index in [0.717, 1.165) is 193 Å². The zero-order valence-electron chi connectivity index (χ0n) is 78.6. The van der Waals surface area contributed by atoms with E-state index in [0.29, 0.717) is 69.5 Å². The molecule has 8 aromatic carbocycles. The van der Waals surface area contributed by atoms with E-state index in [1.807, 2.05) is 173 Å². The normalized spacial score (nSPS) is 15.1. The van der Waals surface area contributed by atoms with Gasteiger partial charge in [-0.3, -0.25) is 19.2 Å². The molecular formula is C104H113N17O10S5. The fourth-order valence-corrected chi connectivity index (χ4v) is 21.2. The lowest BCUT2D eigenvalue weighted by atomic mass is 9.85. The van der Waals surface area contributed by atoms with Gasteiger partial charge in [0.15, 0.2) is 0 Å². The fourth-order valence-electron chi connectivity index (χ4n) is 17.1. The average Bonchev–Trinajstić information content (AvgIpc) is 1.52. The summed E-state index contributed by atoms with van der Waals surface area (Å²) in [6.07, 6.45) is 16.7. The minimum absolute atomic E-state index is 0.00378. The van der Waals surface area contributed by atoms with Crippen LogP contribution in [0.15, 0.2) is 146 Å². The minimum atomic E-state index is -3.33. The number of nitriles is 4. The molecular weight excluding hydrogens is 1810 g/mol. The largest absolute Gasteiger partial charge is 0.490 e. The minimum Gasteiger partial charge on any atom is -0.490 e. The molecule has 0 saturated heterocycles. The highest BCUT2D eigenvalue weighted by molar-refractivity contribution is 7.88. The maximum atomic E-state index is 12.5. The van der Waals surface area contributed by atoms with E-state index in [-0.39, 0.29) is 85.2 Å². The molecule has 27 nitrogen and oxygen atoms in total. The van der Waals surface area contributed by atoms with Gasteiger partial charge in [-0.15, -0.1) is 40.8 Å². The van der Waals surface area contributed by atoms with E-state index in [1.54, 1.807) is 12.1 Å². The third kappa shape index (κ3) is 26.0. The van der Waals surface area contributed by atoms with Crippen LogP contribution in [-0.4, -0.2) is 110 Å². The molecule has 0 fully saturated rings. The number of hydrogen-bond acceptors (Lipinski definition) is 26. The van der Waals surface area contributed by atoms with Crippen LogP contribution in [-0.2, 0) is 54.9 Å². The Kier molecular flexibility index (Phi) is 35.0. The van der Waals surface area contributed by atoms with E-state index in [1.165, 1.54) is 78.7 Å². The van der Waals surface area contributed by atoms with E-state index in [4.69, 9.17) is 18.9 Å². The van der Waals surface area contributed by atoms with Crippen molar-refractivity contribution in [2.24, 2.45) is 0 Å². The maximum Gasteiger partial charge on any atom is 0.221 e. The number of ether oxygens (including phenoxy) is 4. The molecule has 0 aliphatic heterocycles. The predicted octanol–water partition coefficient (Wildman–Crippen LogP) is 21.4. The van der Waals surface area contributed by atoms with Gasteiger partial charge in [-0.05, 0) is 269 Å². The summed E-state index contributed by atoms with van der Waals surface area (Å²) in [5, 5.41) is 92.7. The SMILES string of the molecule is CC(C)Oc1ccc(-c2nnc(-c3cccc4c3CCC[C@H]4NC(=O)CCNS(C)(=O)=O)s2)cc1C#N.CCCC(=O)N[C@@H]1CCCc2c(-c3nnc(-c4ccc(OC(C)C)c(C#N)c4)s3)cccc21.CCCC(=O)N[C@@H]1CCCc2c(-c3nnc(-c4ccc(OC(C)C)c(C#N)c4)s3)cccc21.CCCC(=O)N[C@H]1CCCc2c(-c3nnc(-c4ccc(OC(C)C)c(C#N)c4)s3)cccc21. The molecule has 32 heteroatoms. The number of nitrogens with one attached hydrogen (secondary N) is 5. The Labute approximate surface area is 811 Å². The molecule has 0 bridgehead atoms. The molecule has 0 unspecified atom stereocenters. The summed E-state index contributed by atoms with van der Waals surface area (Å²) >= 11 is 6.00. The van der Waals surface area contributed by atoms with Gasteiger partial charge in [0.05, 0.1) is 77.1 Å². The van der Waals surface area contributed by atoms with Crippen molar-refractivity contribution in [1.29, 1.82) is 21.0 Å². The first-order valence-corrected chi connectivity index (χ1v) is 51.6. The first-order chi connectivity index (χ1) is 65.6. The summed E-state index contributed by atoms with van der Waals surface area (Å²) in [4.78, 5) is 49.1. The van der Waals surface area contributed by atoms with Gasteiger partial charge in [-0.25, -0.2) is 13.1 Å². The third-order valence-electron chi connectivity index (χ3n) is 23.0. The van der Waals surface area contributed by atoms with Gasteiger partial charge in [0.2, 0.25) is 33.7 Å². The summed E-state index contributed by atoms with van der Waals surface area (Å²) in [5.41, 5.74) is 18.9. The zero-order chi connectivity index (χ0) is 96.7. The molecule has 4 aliphatic carbocycles. The van der Waals surface area contributed by atoms with Crippen LogP contribution in [0.4, 0.5) is 0 Å². The van der Waals surface area contributed by atoms with Gasteiger partial charge in [-0.2, -0.15) is 21.0 Å². The van der Waals surface area contributed by atoms with Gasteiger partial charge in [0, 0.05) is 76.7 Å². The highest BCUT2D eigenvalue weighted by Gasteiger charge is 2.32. The Balaban J connectivity index is 0.000000154. The molecule has 0 radical (unpaired) electrons. The van der Waals surface area contributed by atoms with E-state index in [9.17, 15) is 48.6 Å². The van der Waals surface area contributed by atoms with Crippen LogP contribution in [0.25, 0.3) is 84.6 Å². The molecule has 4 atom stereocenters. The first kappa shape index (κ1) is 100. The van der Waals surface area contributed by atoms with Crippen molar-refractivity contribution in [3.05, 3.63) is 212 Å². The van der Waals surface area contributed by atoms with Crippen molar-refractivity contribution in [1.82, 2.24) is 66.8 Å². The Morgan fingerprint density at radius 3 is 0.794 bits per heavy atom. The lowest BCUT2D eigenvalue weighted by molar-refractivity contribution is -0.122. The summed E-state index contributed by atoms with van der Waals surface area (Å²) < 4.78 is 47.8. The molecule has 16 rings (SSSR count). The van der Waals surface area contributed by atoms with E-state index >= 15 is 0 Å². The Hall–Kier alpha value is -13.1. The number of benzene rings is 8. The molecule has 4 aliphatic rings. The molecule has 136 heavy (non-hydrogen) atoms. The number of nitrogens with zero attached hydrogens (tertiary/aromatic N) is 12. The lowest BCUT2D eigenvalue weighted by Gasteiger charge is -2.27. The second-order valence-electron chi connectivity index (χ2n) is 34.8. The average molecular weight is 1920 g/mol. The third-order valence-corrected chi connectivity index (χ3v) is 27.7. The smallest absolute Gasteiger partial charge is 0.221 e. The number of amides is 4. The number of fused-ring (bicyclic) bond motifs is 4. The van der Waals surface area contributed by atoms with Crippen molar-refractivity contribution in [2.45, 2.75) is 247 Å². The predicted molar refractivity (Wildman–Crippen MR) is 533 cm³/mol. The number of aromatic nitrogens is 8. The number of hydrogen-bond donors (Lipinski definition) is 5. The number of sulfonamides is 1. The van der Waals surface area contributed by atoms with Crippen LogP contribution in [0.2, 0.25) is 0 Å². The lowest BCUT2D eigenvalue weighted by Crippen LogP contribution is -2.34. The molecule has 12 aromatic rings. The summed E-state index contributed by atoms with van der Waals surface area (Å²) in [6, 6.07) is 55.6. The standard InChI is InChI=1S/C26H29N5O4S2.3C26H28N4O2S/c1-16(2)35-23-11-10-17(14-18(23)15-27)25-30-31-26(36-25)21-8-4-7-20-19(21)6-5-9-22(20)29-24(32)12-13-28-37(3,33)34;3*1-4-7-24(31)28-22-11-6-8-19-20(22)9-5-10-21(19)26-30-29-25(33-26)17-12-13-23(32-16(2)3)18(14-17)15-27/h4,7-8,10-11,14,16,22,28H,5-6,9,12-13H2,1-3H3,(H,29,32);3*5,9-10,12-14,16,22H,4,6-8,11H2,1-3H3,(H,28,31)/t4*22-/m1110/s1. The van der Waals surface area contributed by atoms with Crippen LogP contribution < -0.4 is 44.9 Å². The molecule has 4 amide bonds. The van der Waals surface area contributed by atoms with E-state index < -0.39 is 10.0 Å². The van der Waals surface area contributed by atoms with Crippen LogP contribution in [0.5, 0.6) is 23.0 Å². The molecule has 0 saturated carbocycles. The monoisotopic (exact) mass is 1920 g/mol. The van der Waals surface area contributed by atoms with Crippen molar-refractivity contribution in [3.8, 4) is 132 Å². The highest BCUT2D eigenvalue weighted by Crippen LogP contribution is 2.46. The van der Waals surface area contributed by atoms with Gasteiger partial charge in [0.25, 0.3) is 0 Å². The summed E-state index contributed by atoms with van der Waals surface area (Å²) in [7, 11) is -3.33. The first-order valence-electron chi connectivity index (χ1n) is 46.4. The molecule has 4 heterocycles. The molecule has 704 valence electrons. The Morgan fingerprint density at radius 2 is 0.581 bits per heavy atom. The summed E-state index contributed by atoms with van der Waals surface area (Å²) in [5.74, 6) is 2.41. The number of carbonyl (C=O) groups excluding carboxylic acids is 4. The Morgan fingerprint density at radius 1 is 0.353 bits per heavy atom. The molecule has 0 spiro atoms. The second kappa shape index (κ2) is 47.4. The van der Waals surface area contributed by atoms with Gasteiger partial charge >= 0.3 is 0 Å². The highest BCUT2D eigenvalue weighted by atomic mass is 32.2. The van der Waals surface area contributed by atoms with Crippen LogP contribution in [0.3, 0.4) is 0 Å². The van der Waals surface area contributed by atoms with Crippen LogP contribution in [0, 0.1) is 45.3 Å². The molecule has 5 N–H and O–H groups in total. The zero-order valence-corrected chi connectivity index (χ0v) is 82.7. The van der Waals surface area contributed by atoms with Crippen LogP contribution >= 0.6 is 45.3 Å². The van der Waals surface area contributed by atoms with Crippen molar-refractivity contribution < 1.29 is 46.5 Å². The number of rotatable bonds is 30. The topological polar surface area (TPSA) is 398 Å². The van der Waals surface area contributed by atoms with Crippen molar-refractivity contribution >= 4 is 79.0 Å². The van der Waals surface area contributed by atoms with E-state index in [2.05, 4.69) is 127 Å².